The Bertz CT molecular complexity index is 232. The lowest BCUT2D eigenvalue weighted by molar-refractivity contribution is -0.146. The first-order valence-corrected chi connectivity index (χ1v) is 5.44. The molecule has 2 N–H and O–H groups in total. The number of carboxylic acid groups (broad SMARTS) is 1. The van der Waals surface area contributed by atoms with Gasteiger partial charge in [0.15, 0.2) is 0 Å². The van der Waals surface area contributed by atoms with Gasteiger partial charge in [-0.25, -0.2) is 0 Å². The molecular weight excluding hydrogens is 194 g/mol. The van der Waals surface area contributed by atoms with E-state index in [9.17, 15) is 4.79 Å². The summed E-state index contributed by atoms with van der Waals surface area (Å²) in [5.41, 5.74) is -0.816. The van der Waals surface area contributed by atoms with Gasteiger partial charge in [-0.2, -0.15) is 0 Å². The van der Waals surface area contributed by atoms with E-state index in [1.165, 1.54) is 0 Å². The van der Waals surface area contributed by atoms with Crippen LogP contribution in [0.5, 0.6) is 0 Å². The maximum atomic E-state index is 10.9. The van der Waals surface area contributed by atoms with Crippen LogP contribution in [0.2, 0.25) is 0 Å². The molecule has 0 spiro atoms. The second-order valence-electron chi connectivity index (χ2n) is 5.19. The topological polar surface area (TPSA) is 58.6 Å². The molecule has 0 aromatic rings. The van der Waals surface area contributed by atoms with Gasteiger partial charge in [-0.3, -0.25) is 4.79 Å². The summed E-state index contributed by atoms with van der Waals surface area (Å²) in [5.74, 6) is -0.771. The number of nitrogens with one attached hydrogen (secondary N) is 1. The Labute approximate surface area is 91.0 Å². The molecule has 0 bridgehead atoms. The van der Waals surface area contributed by atoms with Crippen molar-refractivity contribution >= 4 is 5.97 Å². The van der Waals surface area contributed by atoms with Crippen LogP contribution in [0, 0.1) is 5.41 Å². The van der Waals surface area contributed by atoms with Gasteiger partial charge in [-0.15, -0.1) is 0 Å². The van der Waals surface area contributed by atoms with Gasteiger partial charge in [-0.05, 0) is 33.6 Å². The molecule has 1 aliphatic heterocycles. The van der Waals surface area contributed by atoms with E-state index in [1.54, 1.807) is 13.8 Å². The van der Waals surface area contributed by atoms with Crippen LogP contribution in [0.3, 0.4) is 0 Å². The summed E-state index contributed by atoms with van der Waals surface area (Å²) < 4.78 is 5.61. The second kappa shape index (κ2) is 4.49. The van der Waals surface area contributed by atoms with Gasteiger partial charge in [0.25, 0.3) is 0 Å². The van der Waals surface area contributed by atoms with Crippen LogP contribution in [-0.2, 0) is 9.53 Å². The van der Waals surface area contributed by atoms with Crippen molar-refractivity contribution in [3.8, 4) is 0 Å². The van der Waals surface area contributed by atoms with Crippen molar-refractivity contribution in [3.63, 3.8) is 0 Å². The minimum absolute atomic E-state index is 0.103. The molecule has 1 atom stereocenters. The van der Waals surface area contributed by atoms with Crippen molar-refractivity contribution in [1.29, 1.82) is 0 Å². The summed E-state index contributed by atoms with van der Waals surface area (Å²) >= 11 is 0. The maximum Gasteiger partial charge on any atom is 0.310 e. The van der Waals surface area contributed by atoms with E-state index in [1.807, 2.05) is 0 Å². The predicted molar refractivity (Wildman–Crippen MR) is 57.9 cm³/mol. The van der Waals surface area contributed by atoms with Crippen molar-refractivity contribution in [3.05, 3.63) is 0 Å². The van der Waals surface area contributed by atoms with Crippen LogP contribution >= 0.6 is 0 Å². The third-order valence-electron chi connectivity index (χ3n) is 2.95. The Morgan fingerprint density at radius 3 is 2.73 bits per heavy atom. The molecule has 0 aromatic carbocycles. The largest absolute Gasteiger partial charge is 0.481 e. The van der Waals surface area contributed by atoms with E-state index in [-0.39, 0.29) is 5.60 Å². The lowest BCUT2D eigenvalue weighted by Crippen LogP contribution is -2.43. The highest BCUT2D eigenvalue weighted by molar-refractivity contribution is 5.73. The van der Waals surface area contributed by atoms with E-state index in [0.29, 0.717) is 6.54 Å². The molecule has 1 aliphatic rings. The molecule has 4 nitrogen and oxygen atoms in total. The van der Waals surface area contributed by atoms with E-state index in [0.717, 1.165) is 26.0 Å². The quantitative estimate of drug-likeness (QED) is 0.724. The molecule has 0 amide bonds. The van der Waals surface area contributed by atoms with Crippen LogP contribution in [0.15, 0.2) is 0 Å². The molecule has 1 saturated heterocycles. The molecule has 88 valence electrons. The van der Waals surface area contributed by atoms with E-state index >= 15 is 0 Å². The van der Waals surface area contributed by atoms with Crippen LogP contribution in [0.1, 0.15) is 33.6 Å². The summed E-state index contributed by atoms with van der Waals surface area (Å²) in [5, 5.41) is 12.1. The standard InChI is InChI=1S/C11H21NO3/c1-10(2,9(13)14)7-12-8-11(3)5-4-6-15-11/h12H,4-8H2,1-3H3,(H,13,14). The normalized spacial score (nSPS) is 26.9. The lowest BCUT2D eigenvalue weighted by atomic mass is 9.93. The third-order valence-corrected chi connectivity index (χ3v) is 2.95. The number of carboxylic acids is 1. The van der Waals surface area contributed by atoms with Gasteiger partial charge in [0.2, 0.25) is 0 Å². The molecule has 0 aliphatic carbocycles. The number of carbonyl (C=O) groups is 1. The third kappa shape index (κ3) is 3.47. The second-order valence-corrected chi connectivity index (χ2v) is 5.19. The molecule has 1 fully saturated rings. The van der Waals surface area contributed by atoms with Crippen molar-refractivity contribution in [2.24, 2.45) is 5.41 Å². The molecule has 1 rings (SSSR count). The zero-order chi connectivity index (χ0) is 11.5. The highest BCUT2D eigenvalue weighted by Gasteiger charge is 2.31. The smallest absolute Gasteiger partial charge is 0.310 e. The zero-order valence-corrected chi connectivity index (χ0v) is 9.80. The van der Waals surface area contributed by atoms with Crippen molar-refractivity contribution in [1.82, 2.24) is 5.32 Å². The molecule has 0 aromatic heterocycles. The first-order valence-electron chi connectivity index (χ1n) is 5.44. The highest BCUT2D eigenvalue weighted by atomic mass is 16.5. The molecule has 4 heteroatoms. The number of hydrogen-bond acceptors (Lipinski definition) is 3. The van der Waals surface area contributed by atoms with Crippen LogP contribution < -0.4 is 5.32 Å². The monoisotopic (exact) mass is 215 g/mol. The Morgan fingerprint density at radius 1 is 1.60 bits per heavy atom. The number of rotatable bonds is 5. The Kier molecular flexibility index (Phi) is 3.73. The van der Waals surface area contributed by atoms with E-state index in [2.05, 4.69) is 12.2 Å². The van der Waals surface area contributed by atoms with Gasteiger partial charge < -0.3 is 15.2 Å². The Hall–Kier alpha value is -0.610. The Morgan fingerprint density at radius 2 is 2.27 bits per heavy atom. The lowest BCUT2D eigenvalue weighted by Gasteiger charge is -2.26. The number of aliphatic carboxylic acids is 1. The van der Waals surface area contributed by atoms with Gasteiger partial charge >= 0.3 is 5.97 Å². The fourth-order valence-corrected chi connectivity index (χ4v) is 1.69. The maximum absolute atomic E-state index is 10.9. The number of hydrogen-bond donors (Lipinski definition) is 2. The minimum atomic E-state index is -0.771. The average Bonchev–Trinajstić information content (AvgIpc) is 2.51. The van der Waals surface area contributed by atoms with Crippen molar-refractivity contribution in [2.75, 3.05) is 19.7 Å². The fraction of sp³-hybridized carbons (Fsp3) is 0.909. The summed E-state index contributed by atoms with van der Waals surface area (Å²) in [6, 6.07) is 0. The molecule has 1 unspecified atom stereocenters. The Balaban J connectivity index is 2.29. The first kappa shape index (κ1) is 12.5. The molecule has 15 heavy (non-hydrogen) atoms. The molecule has 0 radical (unpaired) electrons. The molecule has 0 saturated carbocycles. The summed E-state index contributed by atoms with van der Waals surface area (Å²) in [4.78, 5) is 10.9. The SMILES string of the molecule is CC1(CNCC(C)(C)C(=O)O)CCCO1. The highest BCUT2D eigenvalue weighted by Crippen LogP contribution is 2.24. The average molecular weight is 215 g/mol. The summed E-state index contributed by atoms with van der Waals surface area (Å²) in [6.45, 7) is 7.53. The zero-order valence-electron chi connectivity index (χ0n) is 9.80. The number of ether oxygens (including phenoxy) is 1. The minimum Gasteiger partial charge on any atom is -0.481 e. The van der Waals surface area contributed by atoms with Gasteiger partial charge in [0.05, 0.1) is 11.0 Å². The van der Waals surface area contributed by atoms with Crippen LogP contribution in [0.25, 0.3) is 0 Å². The summed E-state index contributed by atoms with van der Waals surface area (Å²) in [7, 11) is 0. The van der Waals surface area contributed by atoms with Crippen molar-refractivity contribution in [2.45, 2.75) is 39.2 Å². The van der Waals surface area contributed by atoms with Gasteiger partial charge in [-0.1, -0.05) is 0 Å². The summed E-state index contributed by atoms with van der Waals surface area (Å²) in [6.07, 6.45) is 2.15. The predicted octanol–water partition coefficient (Wildman–Crippen LogP) is 1.26. The van der Waals surface area contributed by atoms with E-state index in [4.69, 9.17) is 9.84 Å². The molecule has 1 heterocycles. The van der Waals surface area contributed by atoms with Crippen molar-refractivity contribution < 1.29 is 14.6 Å². The van der Waals surface area contributed by atoms with Crippen LogP contribution in [0.4, 0.5) is 0 Å². The first-order chi connectivity index (χ1) is 6.86. The van der Waals surface area contributed by atoms with Crippen LogP contribution in [-0.4, -0.2) is 36.4 Å². The fourth-order valence-electron chi connectivity index (χ4n) is 1.69. The van der Waals surface area contributed by atoms with E-state index < -0.39 is 11.4 Å². The van der Waals surface area contributed by atoms with Gasteiger partial charge in [0, 0.05) is 19.7 Å². The van der Waals surface area contributed by atoms with Gasteiger partial charge in [0.1, 0.15) is 0 Å². The molecular formula is C11H21NO3.